The van der Waals surface area contributed by atoms with E-state index in [4.69, 9.17) is 9.47 Å². The zero-order valence-electron chi connectivity index (χ0n) is 16.6. The molecule has 1 N–H and O–H groups in total. The van der Waals surface area contributed by atoms with Crippen molar-refractivity contribution in [3.8, 4) is 11.5 Å². The van der Waals surface area contributed by atoms with E-state index in [9.17, 15) is 4.79 Å². The molecule has 1 atom stereocenters. The van der Waals surface area contributed by atoms with Gasteiger partial charge in [0.2, 0.25) is 0 Å². The Morgan fingerprint density at radius 3 is 2.24 bits per heavy atom. The molecular weight excluding hydrogens is 382 g/mol. The Kier molecular flexibility index (Phi) is 7.59. The van der Waals surface area contributed by atoms with E-state index in [0.29, 0.717) is 12.2 Å². The molecule has 150 valence electrons. The average molecular weight is 408 g/mol. The second-order valence-corrected chi connectivity index (χ2v) is 7.67. The van der Waals surface area contributed by atoms with Gasteiger partial charge in [0.15, 0.2) is 0 Å². The van der Waals surface area contributed by atoms with Gasteiger partial charge in [0, 0.05) is 16.2 Å². The third-order valence-electron chi connectivity index (χ3n) is 4.44. The van der Waals surface area contributed by atoms with Crippen LogP contribution in [0.2, 0.25) is 0 Å². The summed E-state index contributed by atoms with van der Waals surface area (Å²) >= 11 is 1.76. The highest BCUT2D eigenvalue weighted by molar-refractivity contribution is 7.99. The van der Waals surface area contributed by atoms with E-state index in [-0.39, 0.29) is 11.9 Å². The third-order valence-corrected chi connectivity index (χ3v) is 5.42. The highest BCUT2D eigenvalue weighted by atomic mass is 32.2. The lowest BCUT2D eigenvalue weighted by Gasteiger charge is -2.15. The summed E-state index contributed by atoms with van der Waals surface area (Å²) < 4.78 is 10.9. The van der Waals surface area contributed by atoms with Gasteiger partial charge < -0.3 is 14.8 Å². The number of nitrogens with one attached hydrogen (secondary N) is 1. The molecule has 3 rings (SSSR count). The van der Waals surface area contributed by atoms with E-state index in [1.54, 1.807) is 31.0 Å². The van der Waals surface area contributed by atoms with Crippen molar-refractivity contribution in [1.82, 2.24) is 5.32 Å². The van der Waals surface area contributed by atoms with E-state index in [0.717, 1.165) is 22.8 Å². The fraction of sp³-hybridized carbons (Fsp3) is 0.208. The number of carbonyl (C=O) groups excluding carboxylic acids is 1. The Labute approximate surface area is 176 Å². The van der Waals surface area contributed by atoms with E-state index >= 15 is 0 Å². The molecule has 0 radical (unpaired) electrons. The van der Waals surface area contributed by atoms with Crippen molar-refractivity contribution in [3.63, 3.8) is 0 Å². The predicted molar refractivity (Wildman–Crippen MR) is 118 cm³/mol. The fourth-order valence-corrected chi connectivity index (χ4v) is 3.55. The van der Waals surface area contributed by atoms with Crippen LogP contribution in [0.3, 0.4) is 0 Å². The summed E-state index contributed by atoms with van der Waals surface area (Å²) in [5, 5.41) is 3.02. The molecule has 0 aromatic heterocycles. The number of thioether (sulfide) groups is 1. The van der Waals surface area contributed by atoms with Gasteiger partial charge in [-0.15, -0.1) is 11.8 Å². The van der Waals surface area contributed by atoms with Crippen LogP contribution >= 0.6 is 11.8 Å². The number of carbonyl (C=O) groups is 1. The monoisotopic (exact) mass is 407 g/mol. The maximum absolute atomic E-state index is 12.5. The van der Waals surface area contributed by atoms with Crippen LogP contribution in [0.5, 0.6) is 11.5 Å². The van der Waals surface area contributed by atoms with Gasteiger partial charge in [0.05, 0.1) is 19.8 Å². The first kappa shape index (κ1) is 20.8. The Hall–Kier alpha value is -2.92. The van der Waals surface area contributed by atoms with Gasteiger partial charge >= 0.3 is 0 Å². The topological polar surface area (TPSA) is 47.6 Å². The summed E-state index contributed by atoms with van der Waals surface area (Å²) in [4.78, 5) is 13.7. The molecule has 0 aliphatic rings. The number of benzene rings is 3. The van der Waals surface area contributed by atoms with Gasteiger partial charge in [-0.1, -0.05) is 30.3 Å². The number of hydrogen-bond donors (Lipinski definition) is 1. The molecule has 3 aromatic carbocycles. The molecule has 5 heteroatoms. The minimum Gasteiger partial charge on any atom is -0.497 e. The van der Waals surface area contributed by atoms with Gasteiger partial charge in [-0.3, -0.25) is 4.79 Å². The Balaban J connectivity index is 1.46. The van der Waals surface area contributed by atoms with Crippen LogP contribution in [0, 0.1) is 0 Å². The average Bonchev–Trinajstić information content (AvgIpc) is 2.78. The van der Waals surface area contributed by atoms with Gasteiger partial charge in [-0.2, -0.15) is 0 Å². The van der Waals surface area contributed by atoms with Gasteiger partial charge in [-0.25, -0.2) is 0 Å². The molecular formula is C24H25NO3S. The summed E-state index contributed by atoms with van der Waals surface area (Å²) in [6.07, 6.45) is 0. The maximum atomic E-state index is 12.5. The lowest BCUT2D eigenvalue weighted by Crippen LogP contribution is -2.26. The van der Waals surface area contributed by atoms with E-state index in [1.807, 2.05) is 61.5 Å². The van der Waals surface area contributed by atoms with Crippen LogP contribution in [-0.4, -0.2) is 25.4 Å². The molecule has 0 saturated carbocycles. The van der Waals surface area contributed by atoms with Crippen LogP contribution in [0.25, 0.3) is 0 Å². The fourth-order valence-electron chi connectivity index (χ4n) is 2.79. The van der Waals surface area contributed by atoms with Crippen LogP contribution in [-0.2, 0) is 0 Å². The first-order valence-corrected chi connectivity index (χ1v) is 10.5. The third kappa shape index (κ3) is 6.29. The van der Waals surface area contributed by atoms with Crippen LogP contribution in [0.4, 0.5) is 0 Å². The summed E-state index contributed by atoms with van der Waals surface area (Å²) in [5.41, 5.74) is 1.63. The Bertz CT molecular complexity index is 896. The first-order chi connectivity index (χ1) is 14.2. The SMILES string of the molecule is COc1ccc([C@@H](C)NC(=O)c2ccc(OCCSc3ccccc3)cc2)cc1. The first-order valence-electron chi connectivity index (χ1n) is 9.51. The number of hydrogen-bond acceptors (Lipinski definition) is 4. The molecule has 0 aliphatic carbocycles. The molecule has 0 heterocycles. The van der Waals surface area contributed by atoms with E-state index < -0.39 is 0 Å². The normalized spacial score (nSPS) is 11.5. The lowest BCUT2D eigenvalue weighted by atomic mass is 10.1. The highest BCUT2D eigenvalue weighted by Crippen LogP contribution is 2.20. The van der Waals surface area contributed by atoms with Crippen molar-refractivity contribution in [2.45, 2.75) is 17.9 Å². The Morgan fingerprint density at radius 2 is 1.59 bits per heavy atom. The van der Waals surface area contributed by atoms with Crippen molar-refractivity contribution in [2.75, 3.05) is 19.5 Å². The molecule has 1 amide bonds. The standard InChI is InChI=1S/C24H25NO3S/c1-18(19-8-12-21(27-2)13-9-19)25-24(26)20-10-14-22(15-11-20)28-16-17-29-23-6-4-3-5-7-23/h3-15,18H,16-17H2,1-2H3,(H,25,26)/t18-/m1/s1. The number of amides is 1. The molecule has 0 bridgehead atoms. The zero-order valence-corrected chi connectivity index (χ0v) is 17.4. The second kappa shape index (κ2) is 10.6. The van der Waals surface area contributed by atoms with Crippen LogP contribution in [0.15, 0.2) is 83.8 Å². The molecule has 29 heavy (non-hydrogen) atoms. The molecule has 0 aliphatic heterocycles. The predicted octanol–water partition coefficient (Wildman–Crippen LogP) is 5.36. The zero-order chi connectivity index (χ0) is 20.5. The minimum absolute atomic E-state index is 0.0978. The van der Waals surface area contributed by atoms with Crippen molar-refractivity contribution in [2.24, 2.45) is 0 Å². The van der Waals surface area contributed by atoms with Gasteiger partial charge in [-0.05, 0) is 61.0 Å². The number of methoxy groups -OCH3 is 1. The number of ether oxygens (including phenoxy) is 2. The van der Waals surface area contributed by atoms with Crippen LogP contribution in [0.1, 0.15) is 28.9 Å². The minimum atomic E-state index is -0.112. The van der Waals surface area contributed by atoms with E-state index in [2.05, 4.69) is 17.4 Å². The molecule has 0 fully saturated rings. The van der Waals surface area contributed by atoms with Crippen molar-refractivity contribution in [1.29, 1.82) is 0 Å². The molecule has 0 spiro atoms. The smallest absolute Gasteiger partial charge is 0.251 e. The molecule has 4 nitrogen and oxygen atoms in total. The van der Waals surface area contributed by atoms with Gasteiger partial charge in [0.1, 0.15) is 11.5 Å². The Morgan fingerprint density at radius 1 is 0.931 bits per heavy atom. The van der Waals surface area contributed by atoms with Crippen molar-refractivity contribution >= 4 is 17.7 Å². The lowest BCUT2D eigenvalue weighted by molar-refractivity contribution is 0.0940. The summed E-state index contributed by atoms with van der Waals surface area (Å²) in [6.45, 7) is 2.57. The maximum Gasteiger partial charge on any atom is 0.251 e. The van der Waals surface area contributed by atoms with Gasteiger partial charge in [0.25, 0.3) is 5.91 Å². The van der Waals surface area contributed by atoms with E-state index in [1.165, 1.54) is 4.90 Å². The second-order valence-electron chi connectivity index (χ2n) is 6.50. The van der Waals surface area contributed by atoms with Crippen molar-refractivity contribution < 1.29 is 14.3 Å². The molecule has 3 aromatic rings. The quantitative estimate of drug-likeness (QED) is 0.383. The van der Waals surface area contributed by atoms with Crippen molar-refractivity contribution in [3.05, 3.63) is 90.0 Å². The highest BCUT2D eigenvalue weighted by Gasteiger charge is 2.11. The largest absolute Gasteiger partial charge is 0.497 e. The number of rotatable bonds is 9. The molecule has 0 unspecified atom stereocenters. The summed E-state index contributed by atoms with van der Waals surface area (Å²) in [5.74, 6) is 2.31. The summed E-state index contributed by atoms with van der Waals surface area (Å²) in [6, 6.07) is 25.1. The summed E-state index contributed by atoms with van der Waals surface area (Å²) in [7, 11) is 1.63. The van der Waals surface area contributed by atoms with Crippen LogP contribution < -0.4 is 14.8 Å². The molecule has 0 saturated heterocycles.